The zero-order valence-electron chi connectivity index (χ0n) is 10.7. The molecule has 2 rings (SSSR count). The molecule has 6 nitrogen and oxygen atoms in total. The lowest BCUT2D eigenvalue weighted by Crippen LogP contribution is -2.65. The first-order chi connectivity index (χ1) is 8.55. The van der Waals surface area contributed by atoms with E-state index < -0.39 is 5.54 Å². The molecule has 1 aromatic heterocycles. The van der Waals surface area contributed by atoms with Crippen LogP contribution >= 0.6 is 0 Å². The number of hydrogen-bond donors (Lipinski definition) is 1. The first-order valence-electron chi connectivity index (χ1n) is 6.13. The lowest BCUT2D eigenvalue weighted by atomic mass is 9.94. The summed E-state index contributed by atoms with van der Waals surface area (Å²) in [6, 6.07) is 1.83. The van der Waals surface area contributed by atoms with Crippen molar-refractivity contribution < 1.29 is 9.59 Å². The van der Waals surface area contributed by atoms with Crippen molar-refractivity contribution in [2.45, 2.75) is 32.4 Å². The second-order valence-corrected chi connectivity index (χ2v) is 4.73. The third-order valence-corrected chi connectivity index (χ3v) is 3.37. The summed E-state index contributed by atoms with van der Waals surface area (Å²) in [6.45, 7) is 4.91. The lowest BCUT2D eigenvalue weighted by Gasteiger charge is -2.39. The molecule has 1 aliphatic rings. The summed E-state index contributed by atoms with van der Waals surface area (Å²) in [5.41, 5.74) is -0.764. The van der Waals surface area contributed by atoms with Crippen molar-refractivity contribution in [3.8, 4) is 0 Å². The van der Waals surface area contributed by atoms with E-state index in [1.54, 1.807) is 22.7 Å². The zero-order chi connectivity index (χ0) is 13.2. The molecule has 18 heavy (non-hydrogen) atoms. The third-order valence-electron chi connectivity index (χ3n) is 3.37. The monoisotopic (exact) mass is 250 g/mol. The van der Waals surface area contributed by atoms with Crippen LogP contribution in [0.2, 0.25) is 0 Å². The van der Waals surface area contributed by atoms with Gasteiger partial charge in [0, 0.05) is 18.9 Å². The highest BCUT2D eigenvalue weighted by molar-refractivity contribution is 5.97. The van der Waals surface area contributed by atoms with Crippen LogP contribution in [0.15, 0.2) is 18.5 Å². The summed E-state index contributed by atoms with van der Waals surface area (Å²) >= 11 is 0. The van der Waals surface area contributed by atoms with Gasteiger partial charge in [-0.05, 0) is 19.4 Å². The van der Waals surface area contributed by atoms with E-state index in [1.807, 2.05) is 19.2 Å². The number of carbonyl (C=O) groups is 2. The molecule has 0 aromatic carbocycles. The van der Waals surface area contributed by atoms with Crippen LogP contribution in [-0.2, 0) is 16.1 Å². The summed E-state index contributed by atoms with van der Waals surface area (Å²) in [6.07, 6.45) is 4.13. The molecular formula is C12H18N4O2. The summed E-state index contributed by atoms with van der Waals surface area (Å²) in [7, 11) is 0. The molecule has 0 spiro atoms. The van der Waals surface area contributed by atoms with Gasteiger partial charge < -0.3 is 10.2 Å². The third kappa shape index (κ3) is 2.37. The molecule has 6 heteroatoms. The summed E-state index contributed by atoms with van der Waals surface area (Å²) in [5, 5.41) is 6.84. The molecule has 0 radical (unpaired) electrons. The van der Waals surface area contributed by atoms with Gasteiger partial charge in [-0.2, -0.15) is 5.10 Å². The first-order valence-corrected chi connectivity index (χ1v) is 6.13. The SMILES string of the molecule is CCC1(C)NC(=O)CN(CCn2cccn2)C1=O. The molecule has 1 atom stereocenters. The van der Waals surface area contributed by atoms with E-state index >= 15 is 0 Å². The zero-order valence-corrected chi connectivity index (χ0v) is 10.7. The average molecular weight is 250 g/mol. The minimum atomic E-state index is -0.764. The molecule has 0 aliphatic carbocycles. The molecule has 1 aliphatic heterocycles. The predicted octanol–water partition coefficient (Wildman–Crippen LogP) is 0.0102. The maximum absolute atomic E-state index is 12.3. The van der Waals surface area contributed by atoms with Crippen molar-refractivity contribution in [3.63, 3.8) is 0 Å². The van der Waals surface area contributed by atoms with Gasteiger partial charge in [0.2, 0.25) is 11.8 Å². The van der Waals surface area contributed by atoms with E-state index in [4.69, 9.17) is 0 Å². The Bertz CT molecular complexity index is 443. The average Bonchev–Trinajstić information content (AvgIpc) is 2.85. The van der Waals surface area contributed by atoms with E-state index in [2.05, 4.69) is 10.4 Å². The van der Waals surface area contributed by atoms with E-state index in [0.717, 1.165) is 0 Å². The number of amides is 2. The summed E-state index contributed by atoms with van der Waals surface area (Å²) in [4.78, 5) is 25.5. The van der Waals surface area contributed by atoms with Crippen molar-refractivity contribution >= 4 is 11.8 Å². The Morgan fingerprint density at radius 1 is 1.44 bits per heavy atom. The highest BCUT2D eigenvalue weighted by atomic mass is 16.2. The van der Waals surface area contributed by atoms with Crippen LogP contribution in [0.1, 0.15) is 20.3 Å². The number of piperazine rings is 1. The van der Waals surface area contributed by atoms with Crippen LogP contribution in [0.4, 0.5) is 0 Å². The molecule has 0 bridgehead atoms. The van der Waals surface area contributed by atoms with Crippen molar-refractivity contribution in [1.29, 1.82) is 0 Å². The highest BCUT2D eigenvalue weighted by Gasteiger charge is 2.41. The quantitative estimate of drug-likeness (QED) is 0.818. The van der Waals surface area contributed by atoms with E-state index in [0.29, 0.717) is 19.5 Å². The number of hydrogen-bond acceptors (Lipinski definition) is 3. The van der Waals surface area contributed by atoms with Gasteiger partial charge in [0.1, 0.15) is 5.54 Å². The Labute approximate surface area is 106 Å². The van der Waals surface area contributed by atoms with Gasteiger partial charge in [0.15, 0.2) is 0 Å². The maximum Gasteiger partial charge on any atom is 0.248 e. The number of rotatable bonds is 4. The second-order valence-electron chi connectivity index (χ2n) is 4.73. The lowest BCUT2D eigenvalue weighted by molar-refractivity contribution is -0.149. The Kier molecular flexibility index (Phi) is 3.36. The predicted molar refractivity (Wildman–Crippen MR) is 65.6 cm³/mol. The van der Waals surface area contributed by atoms with Crippen molar-refractivity contribution in [1.82, 2.24) is 20.0 Å². The van der Waals surface area contributed by atoms with Gasteiger partial charge in [-0.3, -0.25) is 14.3 Å². The molecule has 1 fully saturated rings. The van der Waals surface area contributed by atoms with E-state index in [-0.39, 0.29) is 18.4 Å². The topological polar surface area (TPSA) is 67.2 Å². The van der Waals surface area contributed by atoms with Crippen LogP contribution in [0.5, 0.6) is 0 Å². The molecule has 0 saturated carbocycles. The molecular weight excluding hydrogens is 232 g/mol. The van der Waals surface area contributed by atoms with Crippen LogP contribution in [0.3, 0.4) is 0 Å². The normalized spacial score (nSPS) is 24.2. The summed E-state index contributed by atoms with van der Waals surface area (Å²) < 4.78 is 1.75. The fourth-order valence-electron chi connectivity index (χ4n) is 2.07. The number of carbonyl (C=O) groups excluding carboxylic acids is 2. The molecule has 2 heterocycles. The Morgan fingerprint density at radius 2 is 2.22 bits per heavy atom. The Balaban J connectivity index is 2.03. The highest BCUT2D eigenvalue weighted by Crippen LogP contribution is 2.17. The largest absolute Gasteiger partial charge is 0.340 e. The minimum Gasteiger partial charge on any atom is -0.340 e. The minimum absolute atomic E-state index is 0.0169. The number of nitrogens with zero attached hydrogens (tertiary/aromatic N) is 3. The van der Waals surface area contributed by atoms with Gasteiger partial charge in [-0.25, -0.2) is 0 Å². The van der Waals surface area contributed by atoms with Gasteiger partial charge in [0.25, 0.3) is 0 Å². The van der Waals surface area contributed by atoms with Gasteiger partial charge in [-0.1, -0.05) is 6.92 Å². The molecule has 1 saturated heterocycles. The smallest absolute Gasteiger partial charge is 0.248 e. The second kappa shape index (κ2) is 4.80. The van der Waals surface area contributed by atoms with Gasteiger partial charge in [-0.15, -0.1) is 0 Å². The number of nitrogens with one attached hydrogen (secondary N) is 1. The molecule has 1 N–H and O–H groups in total. The van der Waals surface area contributed by atoms with Gasteiger partial charge >= 0.3 is 0 Å². The van der Waals surface area contributed by atoms with Crippen LogP contribution in [0.25, 0.3) is 0 Å². The van der Waals surface area contributed by atoms with E-state index in [1.165, 1.54) is 0 Å². The fourth-order valence-corrected chi connectivity index (χ4v) is 2.07. The molecule has 2 amide bonds. The van der Waals surface area contributed by atoms with E-state index in [9.17, 15) is 9.59 Å². The standard InChI is InChI=1S/C12H18N4O2/c1-3-12(2)11(18)15(9-10(17)14-12)7-8-16-6-4-5-13-16/h4-6H,3,7-9H2,1-2H3,(H,14,17). The fraction of sp³-hybridized carbons (Fsp3) is 0.583. The molecule has 1 aromatic rings. The van der Waals surface area contributed by atoms with Crippen molar-refractivity contribution in [2.24, 2.45) is 0 Å². The maximum atomic E-state index is 12.3. The molecule has 1 unspecified atom stereocenters. The van der Waals surface area contributed by atoms with Crippen molar-refractivity contribution in [2.75, 3.05) is 13.1 Å². The summed E-state index contributed by atoms with van der Waals surface area (Å²) in [5.74, 6) is -0.115. The number of aromatic nitrogens is 2. The van der Waals surface area contributed by atoms with Crippen LogP contribution in [-0.4, -0.2) is 45.1 Å². The van der Waals surface area contributed by atoms with Crippen LogP contribution < -0.4 is 5.32 Å². The first kappa shape index (κ1) is 12.6. The Hall–Kier alpha value is -1.85. The Morgan fingerprint density at radius 3 is 2.83 bits per heavy atom. The molecule has 98 valence electrons. The van der Waals surface area contributed by atoms with Crippen molar-refractivity contribution in [3.05, 3.63) is 18.5 Å². The van der Waals surface area contributed by atoms with Gasteiger partial charge in [0.05, 0.1) is 13.1 Å². The van der Waals surface area contributed by atoms with Crippen LogP contribution in [0, 0.1) is 0 Å².